The van der Waals surface area contributed by atoms with Gasteiger partial charge in [-0.1, -0.05) is 40.5 Å². The number of halogens is 1. The minimum atomic E-state index is 0.398. The van der Waals surface area contributed by atoms with E-state index < -0.39 is 0 Å². The molecule has 1 aromatic rings. The molecular weight excluding hydrogens is 238 g/mol. The van der Waals surface area contributed by atoms with Gasteiger partial charge in [0.15, 0.2) is 0 Å². The van der Waals surface area contributed by atoms with Crippen molar-refractivity contribution in [2.24, 2.45) is 0 Å². The van der Waals surface area contributed by atoms with Gasteiger partial charge < -0.3 is 5.32 Å². The molecule has 0 aromatic heterocycles. The summed E-state index contributed by atoms with van der Waals surface area (Å²) in [7, 11) is 2.04. The van der Waals surface area contributed by atoms with Crippen molar-refractivity contribution in [1.29, 1.82) is 0 Å². The Hall–Kier alpha value is -0.340. The molecule has 0 atom stereocenters. The molecule has 2 heteroatoms. The zero-order valence-electron chi connectivity index (χ0n) is 8.52. The molecule has 1 aliphatic carbocycles. The molecule has 0 amide bonds. The van der Waals surface area contributed by atoms with Crippen LogP contribution in [0, 0.1) is 0 Å². The van der Waals surface area contributed by atoms with Crippen LogP contribution < -0.4 is 5.32 Å². The zero-order valence-corrected chi connectivity index (χ0v) is 10.1. The number of benzene rings is 1. The van der Waals surface area contributed by atoms with Gasteiger partial charge in [-0.15, -0.1) is 0 Å². The standard InChI is InChI=1S/C12H16BrN/c1-14-9-12(7-4-8-12)10-5-2-3-6-11(10)13/h2-3,5-6,14H,4,7-9H2,1H3. The lowest BCUT2D eigenvalue weighted by molar-refractivity contribution is 0.238. The average Bonchev–Trinajstić information content (AvgIpc) is 2.13. The highest BCUT2D eigenvalue weighted by molar-refractivity contribution is 9.10. The van der Waals surface area contributed by atoms with Crippen molar-refractivity contribution >= 4 is 15.9 Å². The molecule has 0 aliphatic heterocycles. The highest BCUT2D eigenvalue weighted by atomic mass is 79.9. The third kappa shape index (κ3) is 1.61. The lowest BCUT2D eigenvalue weighted by Crippen LogP contribution is -2.43. The molecule has 1 nitrogen and oxygen atoms in total. The van der Waals surface area contributed by atoms with Crippen molar-refractivity contribution in [3.63, 3.8) is 0 Å². The SMILES string of the molecule is CNCC1(c2ccccc2Br)CCC1. The fourth-order valence-electron chi connectivity index (χ4n) is 2.37. The maximum atomic E-state index is 3.65. The first-order valence-electron chi connectivity index (χ1n) is 5.18. The van der Waals surface area contributed by atoms with Crippen LogP contribution in [0.2, 0.25) is 0 Å². The number of hydrogen-bond acceptors (Lipinski definition) is 1. The summed E-state index contributed by atoms with van der Waals surface area (Å²) in [6.45, 7) is 1.09. The van der Waals surface area contributed by atoms with E-state index in [0.29, 0.717) is 5.41 Å². The van der Waals surface area contributed by atoms with Crippen molar-refractivity contribution in [3.05, 3.63) is 34.3 Å². The molecule has 0 bridgehead atoms. The molecule has 76 valence electrons. The van der Waals surface area contributed by atoms with Crippen molar-refractivity contribution < 1.29 is 0 Å². The summed E-state index contributed by atoms with van der Waals surface area (Å²) >= 11 is 3.65. The first-order chi connectivity index (χ1) is 6.78. The van der Waals surface area contributed by atoms with Crippen LogP contribution >= 0.6 is 15.9 Å². The summed E-state index contributed by atoms with van der Waals surface area (Å²) in [6.07, 6.45) is 4.00. The van der Waals surface area contributed by atoms with Crippen LogP contribution in [0.4, 0.5) is 0 Å². The number of nitrogens with one attached hydrogen (secondary N) is 1. The van der Waals surface area contributed by atoms with Gasteiger partial charge in [0.1, 0.15) is 0 Å². The second-order valence-corrected chi connectivity index (χ2v) is 5.00. The number of likely N-dealkylation sites (N-methyl/N-ethyl adjacent to an activating group) is 1. The third-order valence-corrected chi connectivity index (χ3v) is 3.96. The van der Waals surface area contributed by atoms with E-state index in [0.717, 1.165) is 6.54 Å². The highest BCUT2D eigenvalue weighted by Crippen LogP contribution is 2.45. The molecule has 2 rings (SSSR count). The van der Waals surface area contributed by atoms with Gasteiger partial charge in [-0.25, -0.2) is 0 Å². The molecule has 1 aliphatic rings. The summed E-state index contributed by atoms with van der Waals surface area (Å²) in [5, 5.41) is 3.32. The lowest BCUT2D eigenvalue weighted by Gasteiger charge is -2.43. The van der Waals surface area contributed by atoms with Gasteiger partial charge in [0.25, 0.3) is 0 Å². The molecule has 1 saturated carbocycles. The van der Waals surface area contributed by atoms with E-state index in [4.69, 9.17) is 0 Å². The van der Waals surface area contributed by atoms with Crippen LogP contribution in [0.3, 0.4) is 0 Å². The maximum Gasteiger partial charge on any atom is 0.0213 e. The Balaban J connectivity index is 2.32. The van der Waals surface area contributed by atoms with Crippen molar-refractivity contribution in [1.82, 2.24) is 5.32 Å². The lowest BCUT2D eigenvalue weighted by atomic mass is 9.64. The Kier molecular flexibility index (Phi) is 2.93. The zero-order chi connectivity index (χ0) is 10.0. The number of rotatable bonds is 3. The minimum absolute atomic E-state index is 0.398. The Labute approximate surface area is 94.0 Å². The van der Waals surface area contributed by atoms with E-state index in [-0.39, 0.29) is 0 Å². The van der Waals surface area contributed by atoms with Gasteiger partial charge in [-0.05, 0) is 31.5 Å². The molecule has 1 fully saturated rings. The number of hydrogen-bond donors (Lipinski definition) is 1. The average molecular weight is 254 g/mol. The topological polar surface area (TPSA) is 12.0 Å². The van der Waals surface area contributed by atoms with Gasteiger partial charge in [-0.3, -0.25) is 0 Å². The normalized spacial score (nSPS) is 19.0. The fourth-order valence-corrected chi connectivity index (χ4v) is 3.08. The predicted molar refractivity (Wildman–Crippen MR) is 63.6 cm³/mol. The van der Waals surface area contributed by atoms with E-state index in [1.165, 1.54) is 29.3 Å². The third-order valence-electron chi connectivity index (χ3n) is 3.27. The van der Waals surface area contributed by atoms with Crippen LogP contribution in [-0.2, 0) is 5.41 Å². The van der Waals surface area contributed by atoms with Gasteiger partial charge in [0, 0.05) is 16.4 Å². The van der Waals surface area contributed by atoms with Crippen LogP contribution in [-0.4, -0.2) is 13.6 Å². The summed E-state index contributed by atoms with van der Waals surface area (Å²) in [5.41, 5.74) is 1.87. The Bertz CT molecular complexity index is 318. The minimum Gasteiger partial charge on any atom is -0.319 e. The van der Waals surface area contributed by atoms with E-state index >= 15 is 0 Å². The van der Waals surface area contributed by atoms with Crippen molar-refractivity contribution in [2.75, 3.05) is 13.6 Å². The summed E-state index contributed by atoms with van der Waals surface area (Å²) in [6, 6.07) is 8.61. The van der Waals surface area contributed by atoms with Gasteiger partial charge in [0.05, 0.1) is 0 Å². The maximum absolute atomic E-state index is 3.65. The van der Waals surface area contributed by atoms with Crippen molar-refractivity contribution in [2.45, 2.75) is 24.7 Å². The smallest absolute Gasteiger partial charge is 0.0213 e. The Morgan fingerprint density at radius 1 is 1.36 bits per heavy atom. The van der Waals surface area contributed by atoms with Crippen molar-refractivity contribution in [3.8, 4) is 0 Å². The second-order valence-electron chi connectivity index (χ2n) is 4.14. The summed E-state index contributed by atoms with van der Waals surface area (Å²) in [4.78, 5) is 0. The van der Waals surface area contributed by atoms with Crippen LogP contribution in [0.15, 0.2) is 28.7 Å². The van der Waals surface area contributed by atoms with E-state index in [9.17, 15) is 0 Å². The molecule has 0 heterocycles. The quantitative estimate of drug-likeness (QED) is 0.874. The summed E-state index contributed by atoms with van der Waals surface area (Å²) in [5.74, 6) is 0. The second kappa shape index (κ2) is 4.03. The Morgan fingerprint density at radius 2 is 2.07 bits per heavy atom. The van der Waals surface area contributed by atoms with Crippen LogP contribution in [0.1, 0.15) is 24.8 Å². The van der Waals surface area contributed by atoms with E-state index in [1.54, 1.807) is 0 Å². The van der Waals surface area contributed by atoms with E-state index in [1.807, 2.05) is 7.05 Å². The molecule has 1 aromatic carbocycles. The van der Waals surface area contributed by atoms with Gasteiger partial charge in [0.2, 0.25) is 0 Å². The van der Waals surface area contributed by atoms with Gasteiger partial charge in [-0.2, -0.15) is 0 Å². The largest absolute Gasteiger partial charge is 0.319 e. The molecule has 14 heavy (non-hydrogen) atoms. The highest BCUT2D eigenvalue weighted by Gasteiger charge is 2.38. The monoisotopic (exact) mass is 253 g/mol. The first-order valence-corrected chi connectivity index (χ1v) is 5.97. The molecule has 0 spiro atoms. The molecule has 0 radical (unpaired) electrons. The Morgan fingerprint density at radius 3 is 2.57 bits per heavy atom. The van der Waals surface area contributed by atoms with Gasteiger partial charge >= 0.3 is 0 Å². The molecule has 1 N–H and O–H groups in total. The molecular formula is C12H16BrN. The first kappa shape index (κ1) is 10.2. The van der Waals surface area contributed by atoms with Crippen LogP contribution in [0.5, 0.6) is 0 Å². The van der Waals surface area contributed by atoms with E-state index in [2.05, 4.69) is 45.5 Å². The molecule has 0 unspecified atom stereocenters. The predicted octanol–water partition coefficient (Wildman–Crippen LogP) is 3.09. The fraction of sp³-hybridized carbons (Fsp3) is 0.500. The molecule has 0 saturated heterocycles. The van der Waals surface area contributed by atoms with Crippen LogP contribution in [0.25, 0.3) is 0 Å². The summed E-state index contributed by atoms with van der Waals surface area (Å²) < 4.78 is 1.26.